The molecule has 0 aliphatic rings. The summed E-state index contributed by atoms with van der Waals surface area (Å²) in [5, 5.41) is 3.34. The number of nitrogens with zero attached hydrogens (tertiary/aromatic N) is 2. The van der Waals surface area contributed by atoms with Crippen LogP contribution in [-0.4, -0.2) is 10.1 Å². The third-order valence-electron chi connectivity index (χ3n) is 1.19. The van der Waals surface area contributed by atoms with Gasteiger partial charge in [-0.15, -0.1) is 11.6 Å². The van der Waals surface area contributed by atoms with E-state index in [-0.39, 0.29) is 5.38 Å². The zero-order valence-corrected chi connectivity index (χ0v) is 6.51. The number of rotatable bonds is 3. The average molecular weight is 161 g/mol. The summed E-state index contributed by atoms with van der Waals surface area (Å²) in [5.74, 6) is 0.517. The Hall–Kier alpha value is -0.570. The molecule has 0 aliphatic carbocycles. The van der Waals surface area contributed by atoms with Crippen LogP contribution in [0.4, 0.5) is 0 Å². The minimum absolute atomic E-state index is 0.118. The monoisotopic (exact) mass is 160 g/mol. The Morgan fingerprint density at radius 3 is 3.10 bits per heavy atom. The third kappa shape index (κ3) is 1.70. The second kappa shape index (κ2) is 3.56. The fraction of sp³-hybridized carbons (Fsp3) is 0.667. The number of halogens is 1. The maximum atomic E-state index is 5.85. The van der Waals surface area contributed by atoms with Crippen molar-refractivity contribution in [2.45, 2.75) is 25.1 Å². The summed E-state index contributed by atoms with van der Waals surface area (Å²) in [6.07, 6.45) is 3.26. The van der Waals surface area contributed by atoms with Gasteiger partial charge in [-0.2, -0.15) is 4.98 Å². The van der Waals surface area contributed by atoms with Gasteiger partial charge >= 0.3 is 0 Å². The topological polar surface area (TPSA) is 38.9 Å². The van der Waals surface area contributed by atoms with Gasteiger partial charge in [0.15, 0.2) is 6.33 Å². The molecule has 0 radical (unpaired) electrons. The molecular weight excluding hydrogens is 152 g/mol. The molecule has 0 N–H and O–H groups in total. The van der Waals surface area contributed by atoms with Crippen molar-refractivity contribution in [1.82, 2.24) is 10.1 Å². The molecule has 4 heteroatoms. The van der Waals surface area contributed by atoms with E-state index in [9.17, 15) is 0 Å². The summed E-state index contributed by atoms with van der Waals surface area (Å²) >= 11 is 5.85. The molecule has 1 heterocycles. The molecule has 1 aromatic heterocycles. The van der Waals surface area contributed by atoms with E-state index in [2.05, 4.69) is 17.1 Å². The summed E-state index contributed by atoms with van der Waals surface area (Å²) in [6.45, 7) is 2.06. The van der Waals surface area contributed by atoms with Gasteiger partial charge in [-0.1, -0.05) is 18.5 Å². The SMILES string of the molecule is CCCC(Cl)c1ncno1. The highest BCUT2D eigenvalue weighted by atomic mass is 35.5. The van der Waals surface area contributed by atoms with Gasteiger partial charge in [0, 0.05) is 0 Å². The van der Waals surface area contributed by atoms with Crippen molar-refractivity contribution < 1.29 is 4.52 Å². The minimum atomic E-state index is -0.118. The highest BCUT2D eigenvalue weighted by Crippen LogP contribution is 2.22. The quantitative estimate of drug-likeness (QED) is 0.636. The first kappa shape index (κ1) is 7.54. The van der Waals surface area contributed by atoms with Crippen molar-refractivity contribution in [3.8, 4) is 0 Å². The van der Waals surface area contributed by atoms with E-state index < -0.39 is 0 Å². The molecule has 3 nitrogen and oxygen atoms in total. The fourth-order valence-corrected chi connectivity index (χ4v) is 1.01. The zero-order valence-electron chi connectivity index (χ0n) is 5.75. The van der Waals surface area contributed by atoms with Gasteiger partial charge < -0.3 is 4.52 Å². The van der Waals surface area contributed by atoms with Crippen molar-refractivity contribution >= 4 is 11.6 Å². The lowest BCUT2D eigenvalue weighted by atomic mass is 10.2. The average Bonchev–Trinajstić information content (AvgIpc) is 2.38. The van der Waals surface area contributed by atoms with Gasteiger partial charge in [-0.3, -0.25) is 0 Å². The van der Waals surface area contributed by atoms with E-state index in [1.54, 1.807) is 0 Å². The normalized spacial score (nSPS) is 13.4. The number of hydrogen-bond acceptors (Lipinski definition) is 3. The molecule has 0 saturated carbocycles. The molecule has 0 spiro atoms. The highest BCUT2D eigenvalue weighted by Gasteiger charge is 2.11. The van der Waals surface area contributed by atoms with Crippen molar-refractivity contribution in [3.05, 3.63) is 12.2 Å². The van der Waals surface area contributed by atoms with Crippen LogP contribution < -0.4 is 0 Å². The molecule has 1 unspecified atom stereocenters. The summed E-state index contributed by atoms with van der Waals surface area (Å²) in [6, 6.07) is 0. The molecule has 1 rings (SSSR count). The maximum Gasteiger partial charge on any atom is 0.244 e. The lowest BCUT2D eigenvalue weighted by Crippen LogP contribution is -1.88. The van der Waals surface area contributed by atoms with Crippen LogP contribution in [0.1, 0.15) is 31.0 Å². The Morgan fingerprint density at radius 2 is 2.60 bits per heavy atom. The molecule has 0 saturated heterocycles. The molecule has 0 amide bonds. The maximum absolute atomic E-state index is 5.85. The Morgan fingerprint density at radius 1 is 1.80 bits per heavy atom. The molecule has 0 aliphatic heterocycles. The molecule has 56 valence electrons. The second-order valence-electron chi connectivity index (χ2n) is 2.04. The Kier molecular flexibility index (Phi) is 2.68. The zero-order chi connectivity index (χ0) is 7.40. The van der Waals surface area contributed by atoms with E-state index in [4.69, 9.17) is 16.1 Å². The van der Waals surface area contributed by atoms with E-state index in [1.807, 2.05) is 0 Å². The molecule has 0 aromatic carbocycles. The molecule has 0 bridgehead atoms. The second-order valence-corrected chi connectivity index (χ2v) is 2.56. The van der Waals surface area contributed by atoms with Gasteiger partial charge in [-0.05, 0) is 6.42 Å². The Balaban J connectivity index is 2.50. The summed E-state index contributed by atoms with van der Waals surface area (Å²) < 4.78 is 4.75. The number of hydrogen-bond donors (Lipinski definition) is 0. The van der Waals surface area contributed by atoms with Gasteiger partial charge in [0.2, 0.25) is 5.89 Å². The van der Waals surface area contributed by atoms with Gasteiger partial charge in [0.25, 0.3) is 0 Å². The van der Waals surface area contributed by atoms with Crippen LogP contribution in [0.5, 0.6) is 0 Å². The van der Waals surface area contributed by atoms with Crippen LogP contribution in [0.2, 0.25) is 0 Å². The fourth-order valence-electron chi connectivity index (χ4n) is 0.697. The van der Waals surface area contributed by atoms with Crippen LogP contribution in [0.3, 0.4) is 0 Å². The highest BCUT2D eigenvalue weighted by molar-refractivity contribution is 6.20. The van der Waals surface area contributed by atoms with Crippen LogP contribution in [0.25, 0.3) is 0 Å². The molecule has 10 heavy (non-hydrogen) atoms. The number of aromatic nitrogens is 2. The predicted molar refractivity (Wildman–Crippen MR) is 37.8 cm³/mol. The molecule has 1 atom stereocenters. The summed E-state index contributed by atoms with van der Waals surface area (Å²) in [5.41, 5.74) is 0. The third-order valence-corrected chi connectivity index (χ3v) is 1.59. The first-order chi connectivity index (χ1) is 4.84. The number of alkyl halides is 1. The lowest BCUT2D eigenvalue weighted by Gasteiger charge is -1.98. The van der Waals surface area contributed by atoms with Crippen LogP contribution >= 0.6 is 11.6 Å². The first-order valence-electron chi connectivity index (χ1n) is 3.25. The molecular formula is C6H9ClN2O. The van der Waals surface area contributed by atoms with E-state index in [1.165, 1.54) is 6.33 Å². The molecule has 0 fully saturated rings. The Labute approximate surface area is 64.4 Å². The van der Waals surface area contributed by atoms with Gasteiger partial charge in [0.05, 0.1) is 0 Å². The van der Waals surface area contributed by atoms with E-state index in [0.717, 1.165) is 12.8 Å². The summed E-state index contributed by atoms with van der Waals surface area (Å²) in [4.78, 5) is 3.83. The van der Waals surface area contributed by atoms with E-state index >= 15 is 0 Å². The van der Waals surface area contributed by atoms with Crippen molar-refractivity contribution in [2.75, 3.05) is 0 Å². The standard InChI is InChI=1S/C6H9ClN2O/c1-2-3-5(7)6-8-4-9-10-6/h4-5H,2-3H2,1H3. The lowest BCUT2D eigenvalue weighted by molar-refractivity contribution is 0.370. The summed E-state index contributed by atoms with van der Waals surface area (Å²) in [7, 11) is 0. The van der Waals surface area contributed by atoms with Crippen LogP contribution in [0.15, 0.2) is 10.9 Å². The van der Waals surface area contributed by atoms with E-state index in [0.29, 0.717) is 5.89 Å². The Bertz CT molecular complexity index is 176. The van der Waals surface area contributed by atoms with Gasteiger partial charge in [-0.25, -0.2) is 0 Å². The molecule has 1 aromatic rings. The van der Waals surface area contributed by atoms with Crippen LogP contribution in [0, 0.1) is 0 Å². The predicted octanol–water partition coefficient (Wildman–Crippen LogP) is 2.15. The first-order valence-corrected chi connectivity index (χ1v) is 3.69. The van der Waals surface area contributed by atoms with Gasteiger partial charge in [0.1, 0.15) is 5.38 Å². The van der Waals surface area contributed by atoms with Crippen molar-refractivity contribution in [1.29, 1.82) is 0 Å². The minimum Gasteiger partial charge on any atom is -0.338 e. The smallest absolute Gasteiger partial charge is 0.244 e. The van der Waals surface area contributed by atoms with Crippen molar-refractivity contribution in [3.63, 3.8) is 0 Å². The largest absolute Gasteiger partial charge is 0.338 e. The van der Waals surface area contributed by atoms with Crippen molar-refractivity contribution in [2.24, 2.45) is 0 Å². The van der Waals surface area contributed by atoms with Crippen LogP contribution in [-0.2, 0) is 0 Å².